The van der Waals surface area contributed by atoms with Crippen LogP contribution in [0.15, 0.2) is 59.6 Å². The number of carbonyl (C=O) groups is 1. The summed E-state index contributed by atoms with van der Waals surface area (Å²) in [6.07, 6.45) is 0.920. The lowest BCUT2D eigenvalue weighted by Crippen LogP contribution is -2.17. The van der Waals surface area contributed by atoms with E-state index in [0.29, 0.717) is 5.56 Å². The third-order valence-electron chi connectivity index (χ3n) is 4.24. The first-order chi connectivity index (χ1) is 12.2. The minimum Gasteiger partial charge on any atom is -0.316 e. The van der Waals surface area contributed by atoms with Crippen LogP contribution in [0.1, 0.15) is 34.6 Å². The van der Waals surface area contributed by atoms with E-state index in [4.69, 9.17) is 0 Å². The van der Waals surface area contributed by atoms with E-state index in [1.165, 1.54) is 16.1 Å². The molecule has 2 aromatic carbocycles. The van der Waals surface area contributed by atoms with Crippen LogP contribution in [0.25, 0.3) is 11.3 Å². The van der Waals surface area contributed by atoms with Gasteiger partial charge >= 0.3 is 0 Å². The van der Waals surface area contributed by atoms with Crippen molar-refractivity contribution in [2.75, 3.05) is 0 Å². The number of rotatable bonds is 4. The van der Waals surface area contributed by atoms with Crippen molar-refractivity contribution in [3.63, 3.8) is 0 Å². The molecule has 4 heteroatoms. The lowest BCUT2D eigenvalue weighted by molar-refractivity contribution is 0.0997. The van der Waals surface area contributed by atoms with Crippen LogP contribution < -0.4 is 4.80 Å². The van der Waals surface area contributed by atoms with Gasteiger partial charge in [0.1, 0.15) is 0 Å². The van der Waals surface area contributed by atoms with E-state index in [1.54, 1.807) is 11.3 Å². The van der Waals surface area contributed by atoms with Crippen molar-refractivity contribution in [1.82, 2.24) is 4.57 Å². The fourth-order valence-electron chi connectivity index (χ4n) is 2.95. The molecule has 0 N–H and O–H groups in total. The molecule has 0 bridgehead atoms. The van der Waals surface area contributed by atoms with E-state index in [0.717, 1.165) is 23.3 Å². The highest BCUT2D eigenvalue weighted by molar-refractivity contribution is 7.09. The zero-order valence-corrected chi connectivity index (χ0v) is 15.6. The van der Waals surface area contributed by atoms with Gasteiger partial charge in [-0.2, -0.15) is 4.99 Å². The van der Waals surface area contributed by atoms with Gasteiger partial charge in [-0.05, 0) is 37.5 Å². The molecule has 0 saturated heterocycles. The van der Waals surface area contributed by atoms with Gasteiger partial charge in [0.15, 0.2) is 4.80 Å². The van der Waals surface area contributed by atoms with Gasteiger partial charge < -0.3 is 4.57 Å². The summed E-state index contributed by atoms with van der Waals surface area (Å²) in [6.45, 7) is 6.96. The molecule has 1 amide bonds. The Morgan fingerprint density at radius 2 is 1.72 bits per heavy atom. The Hall–Kier alpha value is -2.46. The second kappa shape index (κ2) is 7.62. The Bertz CT molecular complexity index is 952. The second-order valence-corrected chi connectivity index (χ2v) is 6.91. The normalized spacial score (nSPS) is 11.7. The molecule has 1 aromatic heterocycles. The molecule has 0 atom stereocenters. The molecule has 25 heavy (non-hydrogen) atoms. The summed E-state index contributed by atoms with van der Waals surface area (Å²) >= 11 is 1.61. The average Bonchev–Trinajstić information content (AvgIpc) is 3.00. The lowest BCUT2D eigenvalue weighted by atomic mass is 10.1. The quantitative estimate of drug-likeness (QED) is 0.662. The van der Waals surface area contributed by atoms with Gasteiger partial charge in [-0.1, -0.05) is 55.5 Å². The lowest BCUT2D eigenvalue weighted by Gasteiger charge is -2.08. The largest absolute Gasteiger partial charge is 0.316 e. The second-order valence-electron chi connectivity index (χ2n) is 5.85. The molecule has 0 aliphatic rings. The maximum absolute atomic E-state index is 12.7. The summed E-state index contributed by atoms with van der Waals surface area (Å²) in [5, 5.41) is 0. The van der Waals surface area contributed by atoms with E-state index in [1.807, 2.05) is 49.4 Å². The molecule has 3 aromatic rings. The SMILES string of the molecule is CCc1sc(=NC(=O)c2ccccc2C)n(CC)c1-c1ccccc1. The molecule has 1 heterocycles. The van der Waals surface area contributed by atoms with Crippen LogP contribution in [-0.2, 0) is 13.0 Å². The van der Waals surface area contributed by atoms with Gasteiger partial charge in [0.25, 0.3) is 5.91 Å². The van der Waals surface area contributed by atoms with Crippen molar-refractivity contribution >= 4 is 17.2 Å². The van der Waals surface area contributed by atoms with Crippen LogP contribution in [0.5, 0.6) is 0 Å². The molecule has 0 radical (unpaired) electrons. The topological polar surface area (TPSA) is 34.4 Å². The molecular weight excluding hydrogens is 328 g/mol. The third-order valence-corrected chi connectivity index (χ3v) is 5.46. The summed E-state index contributed by atoms with van der Waals surface area (Å²) in [7, 11) is 0. The zero-order valence-electron chi connectivity index (χ0n) is 14.8. The Labute approximate surface area is 152 Å². The number of aryl methyl sites for hydroxylation is 2. The van der Waals surface area contributed by atoms with Crippen molar-refractivity contribution in [3.05, 3.63) is 75.4 Å². The summed E-state index contributed by atoms with van der Waals surface area (Å²) < 4.78 is 2.15. The number of aromatic nitrogens is 1. The summed E-state index contributed by atoms with van der Waals surface area (Å²) in [6, 6.07) is 17.9. The maximum atomic E-state index is 12.7. The highest BCUT2D eigenvalue weighted by Crippen LogP contribution is 2.26. The van der Waals surface area contributed by atoms with Crippen LogP contribution in [-0.4, -0.2) is 10.5 Å². The molecule has 0 unspecified atom stereocenters. The van der Waals surface area contributed by atoms with Crippen LogP contribution >= 0.6 is 11.3 Å². The molecule has 0 aliphatic carbocycles. The van der Waals surface area contributed by atoms with Crippen molar-refractivity contribution in [3.8, 4) is 11.3 Å². The number of hydrogen-bond donors (Lipinski definition) is 0. The van der Waals surface area contributed by atoms with Crippen LogP contribution in [0.3, 0.4) is 0 Å². The molecule has 0 saturated carbocycles. The minimum absolute atomic E-state index is 0.177. The van der Waals surface area contributed by atoms with Gasteiger partial charge in [0, 0.05) is 17.0 Å². The number of nitrogens with zero attached hydrogens (tertiary/aromatic N) is 2. The number of hydrogen-bond acceptors (Lipinski definition) is 2. The van der Waals surface area contributed by atoms with E-state index in [-0.39, 0.29) is 5.91 Å². The van der Waals surface area contributed by atoms with E-state index in [9.17, 15) is 4.79 Å². The average molecular weight is 350 g/mol. The number of thiazole rings is 1. The van der Waals surface area contributed by atoms with Gasteiger partial charge in [-0.25, -0.2) is 0 Å². The van der Waals surface area contributed by atoms with Gasteiger partial charge in [-0.3, -0.25) is 4.79 Å². The first-order valence-electron chi connectivity index (χ1n) is 8.58. The van der Waals surface area contributed by atoms with E-state index < -0.39 is 0 Å². The smallest absolute Gasteiger partial charge is 0.279 e. The van der Waals surface area contributed by atoms with Crippen LogP contribution in [0.2, 0.25) is 0 Å². The first kappa shape index (κ1) is 17.4. The molecule has 3 nitrogen and oxygen atoms in total. The Morgan fingerprint density at radius 1 is 1.04 bits per heavy atom. The summed E-state index contributed by atoms with van der Waals surface area (Å²) in [4.78, 5) is 19.2. The van der Waals surface area contributed by atoms with Gasteiger partial charge in [0.2, 0.25) is 0 Å². The summed E-state index contributed by atoms with van der Waals surface area (Å²) in [5.74, 6) is -0.177. The van der Waals surface area contributed by atoms with Crippen LogP contribution in [0.4, 0.5) is 0 Å². The fourth-order valence-corrected chi connectivity index (χ4v) is 4.10. The van der Waals surface area contributed by atoms with Crippen LogP contribution in [0, 0.1) is 6.92 Å². The van der Waals surface area contributed by atoms with Crippen molar-refractivity contribution in [2.24, 2.45) is 4.99 Å². The van der Waals surface area contributed by atoms with E-state index in [2.05, 4.69) is 35.5 Å². The third kappa shape index (κ3) is 3.49. The van der Waals surface area contributed by atoms with Gasteiger partial charge in [-0.15, -0.1) is 11.3 Å². The Balaban J connectivity index is 2.16. The fraction of sp³-hybridized carbons (Fsp3) is 0.238. The minimum atomic E-state index is -0.177. The molecule has 0 aliphatic heterocycles. The highest BCUT2D eigenvalue weighted by Gasteiger charge is 2.15. The van der Waals surface area contributed by atoms with Crippen molar-refractivity contribution in [2.45, 2.75) is 33.7 Å². The van der Waals surface area contributed by atoms with E-state index >= 15 is 0 Å². The molecule has 0 spiro atoms. The van der Waals surface area contributed by atoms with Gasteiger partial charge in [0.05, 0.1) is 5.69 Å². The number of carbonyl (C=O) groups excluding carboxylic acids is 1. The molecular formula is C21H22N2OS. The predicted octanol–water partition coefficient (Wildman–Crippen LogP) is 4.85. The maximum Gasteiger partial charge on any atom is 0.279 e. The highest BCUT2D eigenvalue weighted by atomic mass is 32.1. The summed E-state index contributed by atoms with van der Waals surface area (Å²) in [5.41, 5.74) is 3.96. The first-order valence-corrected chi connectivity index (χ1v) is 9.40. The molecule has 128 valence electrons. The standard InChI is InChI=1S/C21H22N2OS/c1-4-18-19(16-12-7-6-8-13-16)23(5-2)21(25-18)22-20(24)17-14-10-9-11-15(17)3/h6-14H,4-5H2,1-3H3. The zero-order chi connectivity index (χ0) is 17.8. The monoisotopic (exact) mass is 350 g/mol. The molecule has 0 fully saturated rings. The number of amides is 1. The Morgan fingerprint density at radius 3 is 2.36 bits per heavy atom. The number of benzene rings is 2. The predicted molar refractivity (Wildman–Crippen MR) is 104 cm³/mol. The van der Waals surface area contributed by atoms with Crippen molar-refractivity contribution < 1.29 is 4.79 Å². The van der Waals surface area contributed by atoms with Crippen molar-refractivity contribution in [1.29, 1.82) is 0 Å². The Kier molecular flexibility index (Phi) is 5.29. The molecule has 3 rings (SSSR count).